The van der Waals surface area contributed by atoms with Crippen LogP contribution in [-0.4, -0.2) is 32.1 Å². The topological polar surface area (TPSA) is 63.7 Å². The molecule has 1 N–H and O–H groups in total. The molecule has 17 heavy (non-hydrogen) atoms. The number of hydrogen-bond acceptors (Lipinski definition) is 4. The Balaban J connectivity index is 2.03. The first kappa shape index (κ1) is 10.7. The maximum absolute atomic E-state index is 5.84. The summed E-state index contributed by atoms with van der Waals surface area (Å²) in [7, 11) is 0. The minimum absolute atomic E-state index is 0.188. The lowest BCUT2D eigenvalue weighted by atomic mass is 9.89. The van der Waals surface area contributed by atoms with Gasteiger partial charge in [0.15, 0.2) is 5.65 Å². The average molecular weight is 232 g/mol. The smallest absolute Gasteiger partial charge is 0.180 e. The SMILES string of the molecule is CC1OC(C)C(c2nc3ncncc3[nH]2)C1C. The monoisotopic (exact) mass is 232 g/mol. The maximum atomic E-state index is 5.84. The van der Waals surface area contributed by atoms with E-state index in [1.54, 1.807) is 6.20 Å². The molecule has 3 heterocycles. The number of ether oxygens (including phenoxy) is 1. The molecule has 2 aromatic rings. The molecule has 0 saturated carbocycles. The number of nitrogens with one attached hydrogen (secondary N) is 1. The Morgan fingerprint density at radius 2 is 2.06 bits per heavy atom. The quantitative estimate of drug-likeness (QED) is 0.815. The highest BCUT2D eigenvalue weighted by Gasteiger charge is 2.39. The van der Waals surface area contributed by atoms with Crippen LogP contribution in [0.15, 0.2) is 12.5 Å². The predicted octanol–water partition coefficient (Wildman–Crippen LogP) is 1.88. The number of aromatic amines is 1. The first-order valence-electron chi connectivity index (χ1n) is 5.98. The average Bonchev–Trinajstić information content (AvgIpc) is 2.81. The van der Waals surface area contributed by atoms with Crippen LogP contribution in [0, 0.1) is 5.92 Å². The summed E-state index contributed by atoms with van der Waals surface area (Å²) in [6.45, 7) is 6.42. The van der Waals surface area contributed by atoms with Crippen LogP contribution in [0.3, 0.4) is 0 Å². The largest absolute Gasteiger partial charge is 0.374 e. The van der Waals surface area contributed by atoms with E-state index in [-0.39, 0.29) is 12.2 Å². The van der Waals surface area contributed by atoms with E-state index >= 15 is 0 Å². The molecule has 0 amide bonds. The van der Waals surface area contributed by atoms with Gasteiger partial charge in [-0.25, -0.2) is 15.0 Å². The summed E-state index contributed by atoms with van der Waals surface area (Å²) in [6.07, 6.45) is 3.74. The van der Waals surface area contributed by atoms with E-state index in [0.29, 0.717) is 11.8 Å². The molecule has 3 rings (SSSR count). The van der Waals surface area contributed by atoms with Crippen LogP contribution >= 0.6 is 0 Å². The van der Waals surface area contributed by atoms with Gasteiger partial charge in [-0.15, -0.1) is 0 Å². The lowest BCUT2D eigenvalue weighted by molar-refractivity contribution is 0.0554. The van der Waals surface area contributed by atoms with E-state index in [9.17, 15) is 0 Å². The van der Waals surface area contributed by atoms with Gasteiger partial charge < -0.3 is 9.72 Å². The van der Waals surface area contributed by atoms with Gasteiger partial charge in [-0.1, -0.05) is 6.92 Å². The van der Waals surface area contributed by atoms with Crippen LogP contribution in [0.4, 0.5) is 0 Å². The van der Waals surface area contributed by atoms with E-state index in [1.165, 1.54) is 6.33 Å². The summed E-state index contributed by atoms with van der Waals surface area (Å²) < 4.78 is 5.84. The molecule has 1 aliphatic rings. The Labute approximate surface area is 99.6 Å². The number of rotatable bonds is 1. The normalized spacial score (nSPS) is 33.4. The molecule has 1 aliphatic heterocycles. The molecule has 5 heteroatoms. The van der Waals surface area contributed by atoms with Crippen molar-refractivity contribution in [3.8, 4) is 0 Å². The summed E-state index contributed by atoms with van der Waals surface area (Å²) >= 11 is 0. The summed E-state index contributed by atoms with van der Waals surface area (Å²) in [6, 6.07) is 0. The van der Waals surface area contributed by atoms with Gasteiger partial charge in [0.2, 0.25) is 0 Å². The fraction of sp³-hybridized carbons (Fsp3) is 0.583. The molecule has 1 saturated heterocycles. The molecule has 0 spiro atoms. The van der Waals surface area contributed by atoms with Gasteiger partial charge >= 0.3 is 0 Å². The fourth-order valence-corrected chi connectivity index (χ4v) is 2.68. The van der Waals surface area contributed by atoms with E-state index in [1.807, 2.05) is 0 Å². The summed E-state index contributed by atoms with van der Waals surface area (Å²) in [5, 5.41) is 0. The Morgan fingerprint density at radius 3 is 2.71 bits per heavy atom. The van der Waals surface area contributed by atoms with Crippen molar-refractivity contribution < 1.29 is 4.74 Å². The lowest BCUT2D eigenvalue weighted by Crippen LogP contribution is -2.16. The van der Waals surface area contributed by atoms with Crippen LogP contribution < -0.4 is 0 Å². The summed E-state index contributed by atoms with van der Waals surface area (Å²) in [4.78, 5) is 16.0. The second kappa shape index (κ2) is 3.77. The third-order valence-corrected chi connectivity index (χ3v) is 3.74. The van der Waals surface area contributed by atoms with Gasteiger partial charge in [-0.3, -0.25) is 0 Å². The van der Waals surface area contributed by atoms with Crippen molar-refractivity contribution >= 4 is 11.2 Å². The molecule has 0 radical (unpaired) electrons. The van der Waals surface area contributed by atoms with Crippen molar-refractivity contribution in [1.82, 2.24) is 19.9 Å². The molecule has 90 valence electrons. The van der Waals surface area contributed by atoms with E-state index in [0.717, 1.165) is 17.0 Å². The highest BCUT2D eigenvalue weighted by atomic mass is 16.5. The summed E-state index contributed by atoms with van der Waals surface area (Å²) in [5.74, 6) is 1.72. The van der Waals surface area contributed by atoms with Crippen LogP contribution in [-0.2, 0) is 4.74 Å². The van der Waals surface area contributed by atoms with Crippen molar-refractivity contribution in [1.29, 1.82) is 0 Å². The Kier molecular flexibility index (Phi) is 2.36. The molecule has 4 unspecified atom stereocenters. The minimum Gasteiger partial charge on any atom is -0.374 e. The molecule has 0 aromatic carbocycles. The molecular formula is C12H16N4O. The number of imidazole rings is 1. The van der Waals surface area contributed by atoms with Crippen molar-refractivity contribution in [3.63, 3.8) is 0 Å². The van der Waals surface area contributed by atoms with Gasteiger partial charge in [0.1, 0.15) is 17.7 Å². The number of nitrogens with zero attached hydrogens (tertiary/aromatic N) is 3. The second-order valence-electron chi connectivity index (χ2n) is 4.81. The second-order valence-corrected chi connectivity index (χ2v) is 4.81. The first-order valence-corrected chi connectivity index (χ1v) is 5.98. The van der Waals surface area contributed by atoms with E-state index in [2.05, 4.69) is 40.7 Å². The van der Waals surface area contributed by atoms with Crippen LogP contribution in [0.5, 0.6) is 0 Å². The Morgan fingerprint density at radius 1 is 1.24 bits per heavy atom. The van der Waals surface area contributed by atoms with Crippen molar-refractivity contribution in [2.75, 3.05) is 0 Å². The number of H-pyrrole nitrogens is 1. The highest BCUT2D eigenvalue weighted by molar-refractivity contribution is 5.68. The van der Waals surface area contributed by atoms with Gasteiger partial charge in [0, 0.05) is 5.92 Å². The van der Waals surface area contributed by atoms with E-state index in [4.69, 9.17) is 4.74 Å². The lowest BCUT2D eigenvalue weighted by Gasteiger charge is -2.15. The van der Waals surface area contributed by atoms with Crippen molar-refractivity contribution in [2.45, 2.75) is 38.9 Å². The molecule has 0 aliphatic carbocycles. The number of hydrogen-bond donors (Lipinski definition) is 1. The maximum Gasteiger partial charge on any atom is 0.180 e. The third kappa shape index (κ3) is 1.61. The van der Waals surface area contributed by atoms with Gasteiger partial charge in [0.05, 0.1) is 18.4 Å². The molecule has 5 nitrogen and oxygen atoms in total. The van der Waals surface area contributed by atoms with E-state index < -0.39 is 0 Å². The summed E-state index contributed by atoms with van der Waals surface area (Å²) in [5.41, 5.74) is 1.62. The Hall–Kier alpha value is -1.49. The van der Waals surface area contributed by atoms with Gasteiger partial charge in [0.25, 0.3) is 0 Å². The van der Waals surface area contributed by atoms with Gasteiger partial charge in [-0.05, 0) is 19.8 Å². The van der Waals surface area contributed by atoms with Crippen LogP contribution in [0.25, 0.3) is 11.2 Å². The molecule has 4 atom stereocenters. The number of aromatic nitrogens is 4. The molecule has 0 bridgehead atoms. The molecule has 1 fully saturated rings. The zero-order chi connectivity index (χ0) is 12.0. The minimum atomic E-state index is 0.188. The zero-order valence-electron chi connectivity index (χ0n) is 10.2. The highest BCUT2D eigenvalue weighted by Crippen LogP contribution is 2.38. The van der Waals surface area contributed by atoms with Gasteiger partial charge in [-0.2, -0.15) is 0 Å². The van der Waals surface area contributed by atoms with Crippen LogP contribution in [0.2, 0.25) is 0 Å². The zero-order valence-corrected chi connectivity index (χ0v) is 10.2. The standard InChI is InChI=1S/C12H16N4O/c1-6-7(2)17-8(3)10(6)12-15-9-4-13-5-14-11(9)16-12/h4-8,10H,1-3H3,(H,13,14,15,16). The molecular weight excluding hydrogens is 216 g/mol. The Bertz CT molecular complexity index is 505. The first-order chi connectivity index (χ1) is 8.16. The third-order valence-electron chi connectivity index (χ3n) is 3.74. The van der Waals surface area contributed by atoms with Crippen molar-refractivity contribution in [2.24, 2.45) is 5.92 Å². The predicted molar refractivity (Wildman–Crippen MR) is 63.6 cm³/mol. The molecule has 2 aromatic heterocycles. The van der Waals surface area contributed by atoms with Crippen LogP contribution in [0.1, 0.15) is 32.5 Å². The number of fused-ring (bicyclic) bond motifs is 1. The van der Waals surface area contributed by atoms with Crippen molar-refractivity contribution in [3.05, 3.63) is 18.3 Å². The fourth-order valence-electron chi connectivity index (χ4n) is 2.68.